The molecule has 0 unspecified atom stereocenters. The third-order valence-corrected chi connectivity index (χ3v) is 2.93. The third-order valence-electron chi connectivity index (χ3n) is 2.93. The van der Waals surface area contributed by atoms with E-state index in [2.05, 4.69) is 12.2 Å². The van der Waals surface area contributed by atoms with Crippen molar-refractivity contribution in [1.82, 2.24) is 5.32 Å². The molecule has 2 N–H and O–H groups in total. The van der Waals surface area contributed by atoms with E-state index in [0.29, 0.717) is 25.5 Å². The van der Waals surface area contributed by atoms with E-state index in [4.69, 9.17) is 4.74 Å². The fourth-order valence-corrected chi connectivity index (χ4v) is 2.13. The van der Waals surface area contributed by atoms with Crippen LogP contribution in [0.5, 0.6) is 0 Å². The zero-order valence-electron chi connectivity index (χ0n) is 8.88. The standard InChI is InChI=1S/C10H19NO3/c1-8-5-10(9(12)13,3-4-14-2)7-11-6-8/h8,11H,3-7H2,1-2H3,(H,12,13)/t8-,10-/m1/s1. The second kappa shape index (κ2) is 4.75. The molecule has 0 bridgehead atoms. The van der Waals surface area contributed by atoms with E-state index in [1.165, 1.54) is 0 Å². The molecule has 1 heterocycles. The summed E-state index contributed by atoms with van der Waals surface area (Å²) >= 11 is 0. The van der Waals surface area contributed by atoms with Gasteiger partial charge in [-0.15, -0.1) is 0 Å². The van der Waals surface area contributed by atoms with Crippen molar-refractivity contribution in [3.8, 4) is 0 Å². The number of carboxylic acids is 1. The predicted octanol–water partition coefficient (Wildman–Crippen LogP) is 0.723. The van der Waals surface area contributed by atoms with Crippen LogP contribution in [0.15, 0.2) is 0 Å². The van der Waals surface area contributed by atoms with Gasteiger partial charge in [-0.3, -0.25) is 4.79 Å². The quantitative estimate of drug-likeness (QED) is 0.703. The molecule has 0 aromatic rings. The first-order chi connectivity index (χ1) is 6.60. The van der Waals surface area contributed by atoms with Crippen molar-refractivity contribution >= 4 is 5.97 Å². The number of ether oxygens (including phenoxy) is 1. The van der Waals surface area contributed by atoms with E-state index in [0.717, 1.165) is 13.0 Å². The molecule has 1 aliphatic rings. The topological polar surface area (TPSA) is 58.6 Å². The van der Waals surface area contributed by atoms with Crippen LogP contribution in [-0.4, -0.2) is 37.9 Å². The number of hydrogen-bond donors (Lipinski definition) is 2. The number of rotatable bonds is 4. The van der Waals surface area contributed by atoms with Crippen molar-refractivity contribution in [2.75, 3.05) is 26.8 Å². The lowest BCUT2D eigenvalue weighted by Crippen LogP contribution is -2.49. The Kier molecular flexibility index (Phi) is 3.89. The first kappa shape index (κ1) is 11.5. The summed E-state index contributed by atoms with van der Waals surface area (Å²) in [4.78, 5) is 11.2. The lowest BCUT2D eigenvalue weighted by Gasteiger charge is -2.36. The van der Waals surface area contributed by atoms with Gasteiger partial charge in [0.05, 0.1) is 5.41 Å². The number of hydrogen-bond acceptors (Lipinski definition) is 3. The molecule has 2 atom stereocenters. The molecule has 0 aromatic carbocycles. The van der Waals surface area contributed by atoms with Crippen LogP contribution < -0.4 is 5.32 Å². The van der Waals surface area contributed by atoms with Crippen LogP contribution in [0.25, 0.3) is 0 Å². The van der Waals surface area contributed by atoms with Gasteiger partial charge in [-0.05, 0) is 25.3 Å². The summed E-state index contributed by atoms with van der Waals surface area (Å²) in [5.74, 6) is -0.273. The van der Waals surface area contributed by atoms with Gasteiger partial charge in [-0.1, -0.05) is 6.92 Å². The van der Waals surface area contributed by atoms with Gasteiger partial charge in [0, 0.05) is 20.3 Å². The molecule has 0 aromatic heterocycles. The van der Waals surface area contributed by atoms with Crippen molar-refractivity contribution in [3.05, 3.63) is 0 Å². The molecule has 1 fully saturated rings. The monoisotopic (exact) mass is 201 g/mol. The Bertz CT molecular complexity index is 208. The maximum atomic E-state index is 11.2. The summed E-state index contributed by atoms with van der Waals surface area (Å²) in [5, 5.41) is 12.4. The fourth-order valence-electron chi connectivity index (χ4n) is 2.13. The molecule has 14 heavy (non-hydrogen) atoms. The van der Waals surface area contributed by atoms with Crippen LogP contribution in [0.1, 0.15) is 19.8 Å². The normalized spacial score (nSPS) is 32.9. The lowest BCUT2D eigenvalue weighted by atomic mass is 9.74. The fraction of sp³-hybridized carbons (Fsp3) is 0.900. The van der Waals surface area contributed by atoms with Gasteiger partial charge in [-0.2, -0.15) is 0 Å². The minimum atomic E-state index is -0.700. The van der Waals surface area contributed by atoms with E-state index in [1.807, 2.05) is 0 Å². The van der Waals surface area contributed by atoms with Crippen molar-refractivity contribution in [3.63, 3.8) is 0 Å². The Morgan fingerprint density at radius 2 is 2.43 bits per heavy atom. The van der Waals surface area contributed by atoms with E-state index in [9.17, 15) is 9.90 Å². The van der Waals surface area contributed by atoms with E-state index in [1.54, 1.807) is 7.11 Å². The highest BCUT2D eigenvalue weighted by Crippen LogP contribution is 2.33. The zero-order chi connectivity index (χ0) is 10.6. The Morgan fingerprint density at radius 1 is 1.71 bits per heavy atom. The van der Waals surface area contributed by atoms with Crippen molar-refractivity contribution in [2.24, 2.45) is 11.3 Å². The summed E-state index contributed by atoms with van der Waals surface area (Å²) in [6.45, 7) is 4.08. The number of carboxylic acid groups (broad SMARTS) is 1. The molecule has 1 saturated heterocycles. The Morgan fingerprint density at radius 3 is 2.93 bits per heavy atom. The van der Waals surface area contributed by atoms with Crippen LogP contribution in [-0.2, 0) is 9.53 Å². The summed E-state index contributed by atoms with van der Waals surface area (Å²) in [5.41, 5.74) is -0.617. The second-order valence-electron chi connectivity index (χ2n) is 4.27. The van der Waals surface area contributed by atoms with Crippen molar-refractivity contribution in [1.29, 1.82) is 0 Å². The van der Waals surface area contributed by atoms with Crippen LogP contribution >= 0.6 is 0 Å². The molecule has 0 spiro atoms. The molecule has 0 amide bonds. The average molecular weight is 201 g/mol. The van der Waals surface area contributed by atoms with Gasteiger partial charge >= 0.3 is 5.97 Å². The van der Waals surface area contributed by atoms with Gasteiger partial charge in [0.25, 0.3) is 0 Å². The average Bonchev–Trinajstić information content (AvgIpc) is 2.14. The molecule has 0 saturated carbocycles. The third kappa shape index (κ3) is 2.45. The van der Waals surface area contributed by atoms with Crippen LogP contribution in [0, 0.1) is 11.3 Å². The lowest BCUT2D eigenvalue weighted by molar-refractivity contribution is -0.152. The molecule has 4 nitrogen and oxygen atoms in total. The molecule has 1 rings (SSSR count). The minimum absolute atomic E-state index is 0.428. The molecular formula is C10H19NO3. The van der Waals surface area contributed by atoms with Crippen molar-refractivity contribution in [2.45, 2.75) is 19.8 Å². The number of nitrogens with one attached hydrogen (secondary N) is 1. The Labute approximate surface area is 84.6 Å². The number of carbonyl (C=O) groups is 1. The van der Waals surface area contributed by atoms with Gasteiger partial charge < -0.3 is 15.2 Å². The molecule has 0 aliphatic carbocycles. The first-order valence-electron chi connectivity index (χ1n) is 5.04. The highest BCUT2D eigenvalue weighted by molar-refractivity contribution is 5.75. The number of methoxy groups -OCH3 is 1. The summed E-state index contributed by atoms with van der Waals surface area (Å²) in [6, 6.07) is 0. The largest absolute Gasteiger partial charge is 0.481 e. The summed E-state index contributed by atoms with van der Waals surface area (Å²) in [7, 11) is 1.61. The van der Waals surface area contributed by atoms with Gasteiger partial charge in [0.1, 0.15) is 0 Å². The second-order valence-corrected chi connectivity index (χ2v) is 4.27. The van der Waals surface area contributed by atoms with E-state index >= 15 is 0 Å². The van der Waals surface area contributed by atoms with Crippen molar-refractivity contribution < 1.29 is 14.6 Å². The summed E-state index contributed by atoms with van der Waals surface area (Å²) in [6.07, 6.45) is 1.34. The molecule has 4 heteroatoms. The molecule has 82 valence electrons. The van der Waals surface area contributed by atoms with Crippen LogP contribution in [0.2, 0.25) is 0 Å². The highest BCUT2D eigenvalue weighted by Gasteiger charge is 2.41. The Balaban J connectivity index is 2.65. The zero-order valence-corrected chi connectivity index (χ0v) is 8.88. The maximum absolute atomic E-state index is 11.2. The SMILES string of the molecule is COCC[C@]1(C(=O)O)CNC[C@H](C)C1. The molecular weight excluding hydrogens is 182 g/mol. The van der Waals surface area contributed by atoms with Crippen LogP contribution in [0.3, 0.4) is 0 Å². The molecule has 0 radical (unpaired) electrons. The molecule has 1 aliphatic heterocycles. The predicted molar refractivity (Wildman–Crippen MR) is 53.2 cm³/mol. The summed E-state index contributed by atoms with van der Waals surface area (Å²) < 4.78 is 4.96. The maximum Gasteiger partial charge on any atom is 0.311 e. The first-order valence-corrected chi connectivity index (χ1v) is 5.04. The van der Waals surface area contributed by atoms with E-state index < -0.39 is 11.4 Å². The van der Waals surface area contributed by atoms with Gasteiger partial charge in [0.15, 0.2) is 0 Å². The Hall–Kier alpha value is -0.610. The van der Waals surface area contributed by atoms with Crippen LogP contribution in [0.4, 0.5) is 0 Å². The number of piperidine rings is 1. The van der Waals surface area contributed by atoms with Gasteiger partial charge in [0.2, 0.25) is 0 Å². The smallest absolute Gasteiger partial charge is 0.311 e. The van der Waals surface area contributed by atoms with Gasteiger partial charge in [-0.25, -0.2) is 0 Å². The minimum Gasteiger partial charge on any atom is -0.481 e. The van der Waals surface area contributed by atoms with E-state index in [-0.39, 0.29) is 0 Å². The highest BCUT2D eigenvalue weighted by atomic mass is 16.5. The number of aliphatic carboxylic acids is 1.